The number of carbonyl (C=O) groups is 3. The van der Waals surface area contributed by atoms with E-state index in [2.05, 4.69) is 20.1 Å². The van der Waals surface area contributed by atoms with Crippen molar-refractivity contribution in [3.8, 4) is 28.4 Å². The third-order valence-electron chi connectivity index (χ3n) is 7.22. The molecule has 0 saturated carbocycles. The molecule has 0 heterocycles. The maximum Gasteiger partial charge on any atom is 0.343 e. The molecule has 3 aromatic carbocycles. The fraction of sp³-hybridized carbons (Fsp3) is 0.306. The number of ether oxygens (including phenoxy) is 5. The fourth-order valence-corrected chi connectivity index (χ4v) is 4.86. The lowest BCUT2D eigenvalue weighted by Crippen LogP contribution is -2.12. The molecular formula is C36H38O8. The van der Waals surface area contributed by atoms with Crippen LogP contribution in [0.2, 0.25) is 0 Å². The number of rotatable bonds is 16. The van der Waals surface area contributed by atoms with Crippen LogP contribution in [0.5, 0.6) is 17.2 Å². The molecule has 8 heteroatoms. The summed E-state index contributed by atoms with van der Waals surface area (Å²) in [7, 11) is 0. The van der Waals surface area contributed by atoms with E-state index in [4.69, 9.17) is 23.7 Å². The van der Waals surface area contributed by atoms with Gasteiger partial charge in [0.05, 0.1) is 18.8 Å². The quantitative estimate of drug-likeness (QED) is 0.0739. The van der Waals surface area contributed by atoms with Crippen molar-refractivity contribution in [1.29, 1.82) is 0 Å². The van der Waals surface area contributed by atoms with Gasteiger partial charge in [-0.1, -0.05) is 32.2 Å². The van der Waals surface area contributed by atoms with Crippen LogP contribution in [0.4, 0.5) is 0 Å². The van der Waals surface area contributed by atoms with E-state index in [9.17, 15) is 14.4 Å². The third kappa shape index (κ3) is 8.60. The molecule has 44 heavy (non-hydrogen) atoms. The molecule has 1 atom stereocenters. The van der Waals surface area contributed by atoms with E-state index >= 15 is 0 Å². The SMILES string of the molecule is C=CC(=O)OCCCCCCOc1ccc(C(=O)Oc2ccc3c(c2)C(C)c2cc(OCCOC(=O)C(=C)C)ccc2-3)cc1. The van der Waals surface area contributed by atoms with E-state index in [0.717, 1.165) is 54.0 Å². The summed E-state index contributed by atoms with van der Waals surface area (Å²) < 4.78 is 27.3. The van der Waals surface area contributed by atoms with Crippen molar-refractivity contribution in [3.05, 3.63) is 102 Å². The minimum atomic E-state index is -0.445. The summed E-state index contributed by atoms with van der Waals surface area (Å²) in [5, 5.41) is 0. The fourth-order valence-electron chi connectivity index (χ4n) is 4.86. The average Bonchev–Trinajstić information content (AvgIpc) is 3.30. The van der Waals surface area contributed by atoms with Crippen LogP contribution < -0.4 is 14.2 Å². The summed E-state index contributed by atoms with van der Waals surface area (Å²) in [6.07, 6.45) is 4.75. The molecule has 0 N–H and O–H groups in total. The van der Waals surface area contributed by atoms with E-state index in [1.165, 1.54) is 0 Å². The van der Waals surface area contributed by atoms with Gasteiger partial charge in [-0.25, -0.2) is 14.4 Å². The molecule has 1 aliphatic rings. The van der Waals surface area contributed by atoms with Crippen LogP contribution in [0.25, 0.3) is 11.1 Å². The molecule has 3 aromatic rings. The molecule has 0 aromatic heterocycles. The highest BCUT2D eigenvalue weighted by Gasteiger charge is 2.27. The zero-order valence-electron chi connectivity index (χ0n) is 25.3. The first-order valence-corrected chi connectivity index (χ1v) is 14.7. The van der Waals surface area contributed by atoms with Crippen molar-refractivity contribution in [1.82, 2.24) is 0 Å². The van der Waals surface area contributed by atoms with Crippen molar-refractivity contribution in [2.75, 3.05) is 26.4 Å². The van der Waals surface area contributed by atoms with Gasteiger partial charge in [0.1, 0.15) is 30.5 Å². The van der Waals surface area contributed by atoms with Crippen molar-refractivity contribution in [2.45, 2.75) is 45.4 Å². The Labute approximate surface area is 258 Å². The van der Waals surface area contributed by atoms with Crippen molar-refractivity contribution in [3.63, 3.8) is 0 Å². The highest BCUT2D eigenvalue weighted by Crippen LogP contribution is 2.47. The Morgan fingerprint density at radius 2 is 1.32 bits per heavy atom. The van der Waals surface area contributed by atoms with Crippen molar-refractivity contribution < 1.29 is 38.1 Å². The van der Waals surface area contributed by atoms with Crippen LogP contribution in [-0.2, 0) is 19.1 Å². The predicted octanol–water partition coefficient (Wildman–Crippen LogP) is 7.20. The Balaban J connectivity index is 1.24. The van der Waals surface area contributed by atoms with Gasteiger partial charge in [-0.05, 0) is 103 Å². The van der Waals surface area contributed by atoms with Gasteiger partial charge in [0, 0.05) is 17.6 Å². The average molecular weight is 599 g/mol. The summed E-state index contributed by atoms with van der Waals surface area (Å²) in [6.45, 7) is 12.0. The zero-order valence-corrected chi connectivity index (χ0v) is 25.3. The highest BCUT2D eigenvalue weighted by atomic mass is 16.6. The Kier molecular flexibility index (Phi) is 11.3. The molecule has 230 valence electrons. The molecule has 0 saturated heterocycles. The van der Waals surface area contributed by atoms with Gasteiger partial charge in [0.25, 0.3) is 0 Å². The Hall–Kier alpha value is -4.85. The molecule has 0 fully saturated rings. The van der Waals surface area contributed by atoms with Crippen molar-refractivity contribution >= 4 is 17.9 Å². The molecule has 0 aliphatic heterocycles. The number of hydrogen-bond donors (Lipinski definition) is 0. The van der Waals surface area contributed by atoms with Crippen LogP contribution in [0.3, 0.4) is 0 Å². The number of hydrogen-bond acceptors (Lipinski definition) is 8. The van der Waals surface area contributed by atoms with E-state index in [0.29, 0.717) is 41.6 Å². The van der Waals surface area contributed by atoms with Crippen LogP contribution in [0.15, 0.2) is 85.5 Å². The molecule has 0 spiro atoms. The first kappa shape index (κ1) is 32.1. The van der Waals surface area contributed by atoms with Crippen LogP contribution in [0.1, 0.15) is 66.9 Å². The molecule has 1 aliphatic carbocycles. The Morgan fingerprint density at radius 3 is 1.98 bits per heavy atom. The highest BCUT2D eigenvalue weighted by molar-refractivity contribution is 5.91. The number of fused-ring (bicyclic) bond motifs is 3. The third-order valence-corrected chi connectivity index (χ3v) is 7.22. The molecule has 4 rings (SSSR count). The number of carbonyl (C=O) groups excluding carboxylic acids is 3. The zero-order chi connectivity index (χ0) is 31.5. The van der Waals surface area contributed by atoms with Crippen molar-refractivity contribution in [2.24, 2.45) is 0 Å². The Morgan fingerprint density at radius 1 is 0.727 bits per heavy atom. The van der Waals surface area contributed by atoms with Gasteiger partial charge in [0.15, 0.2) is 0 Å². The number of esters is 3. The molecule has 8 nitrogen and oxygen atoms in total. The largest absolute Gasteiger partial charge is 0.494 e. The van der Waals surface area contributed by atoms with Gasteiger partial charge < -0.3 is 23.7 Å². The first-order chi connectivity index (χ1) is 21.3. The standard InChI is InChI=1S/C36H38O8/c1-5-34(37)42-19-9-7-6-8-18-40-27-12-10-26(11-13-27)36(39)44-29-15-17-31-30-16-14-28(22-32(30)25(4)33(31)23-29)41-20-21-43-35(38)24(2)3/h5,10-17,22-23,25H,1-2,6-9,18-21H2,3-4H3. The number of unbranched alkanes of at least 4 members (excludes halogenated alkanes) is 3. The maximum absolute atomic E-state index is 12.9. The predicted molar refractivity (Wildman–Crippen MR) is 167 cm³/mol. The summed E-state index contributed by atoms with van der Waals surface area (Å²) in [4.78, 5) is 35.4. The van der Waals surface area contributed by atoms with Gasteiger partial charge in [-0.2, -0.15) is 0 Å². The van der Waals surface area contributed by atoms with Crippen LogP contribution >= 0.6 is 0 Å². The number of benzene rings is 3. The lowest BCUT2D eigenvalue weighted by Gasteiger charge is -2.11. The van der Waals surface area contributed by atoms with Gasteiger partial charge in [-0.15, -0.1) is 0 Å². The minimum absolute atomic E-state index is 0.0784. The Bertz CT molecular complexity index is 1510. The topological polar surface area (TPSA) is 97.4 Å². The monoisotopic (exact) mass is 598 g/mol. The molecular weight excluding hydrogens is 560 g/mol. The molecule has 1 unspecified atom stereocenters. The lowest BCUT2D eigenvalue weighted by atomic mass is 9.99. The summed E-state index contributed by atoms with van der Waals surface area (Å²) >= 11 is 0. The minimum Gasteiger partial charge on any atom is -0.494 e. The van der Waals surface area contributed by atoms with Gasteiger partial charge >= 0.3 is 17.9 Å². The second kappa shape index (κ2) is 15.6. The second-order valence-corrected chi connectivity index (χ2v) is 10.5. The molecule has 0 amide bonds. The van der Waals surface area contributed by atoms with Crippen LogP contribution in [-0.4, -0.2) is 44.3 Å². The molecule has 0 radical (unpaired) electrons. The lowest BCUT2D eigenvalue weighted by molar-refractivity contribution is -0.140. The van der Waals surface area contributed by atoms with E-state index in [1.807, 2.05) is 30.3 Å². The normalized spacial score (nSPS) is 12.8. The second-order valence-electron chi connectivity index (χ2n) is 10.5. The van der Waals surface area contributed by atoms with Gasteiger partial charge in [0.2, 0.25) is 0 Å². The first-order valence-electron chi connectivity index (χ1n) is 14.7. The molecule has 0 bridgehead atoms. The van der Waals surface area contributed by atoms with E-state index in [-0.39, 0.29) is 19.1 Å². The van der Waals surface area contributed by atoms with E-state index in [1.54, 1.807) is 37.3 Å². The maximum atomic E-state index is 12.9. The summed E-state index contributed by atoms with van der Waals surface area (Å²) in [5.41, 5.74) is 5.16. The smallest absolute Gasteiger partial charge is 0.343 e. The van der Waals surface area contributed by atoms with E-state index < -0.39 is 17.9 Å². The van der Waals surface area contributed by atoms with Gasteiger partial charge in [-0.3, -0.25) is 0 Å². The summed E-state index contributed by atoms with van der Waals surface area (Å²) in [5.74, 6) is 0.655. The van der Waals surface area contributed by atoms with Crippen LogP contribution in [0, 0.1) is 0 Å². The summed E-state index contributed by atoms with van der Waals surface area (Å²) in [6, 6.07) is 18.5.